The van der Waals surface area contributed by atoms with Gasteiger partial charge < -0.3 is 0 Å². The van der Waals surface area contributed by atoms with Gasteiger partial charge in [0.2, 0.25) is 0 Å². The van der Waals surface area contributed by atoms with Crippen LogP contribution in [0.15, 0.2) is 23.3 Å². The maximum absolute atomic E-state index is 6.13. The fourth-order valence-corrected chi connectivity index (χ4v) is 3.45. The molecule has 1 saturated carbocycles. The van der Waals surface area contributed by atoms with Crippen molar-refractivity contribution in [3.8, 4) is 0 Å². The van der Waals surface area contributed by atoms with E-state index in [1.54, 1.807) is 0 Å². The zero-order valence-electron chi connectivity index (χ0n) is 6.33. The monoisotopic (exact) mass is 166 g/mol. The van der Waals surface area contributed by atoms with Crippen molar-refractivity contribution in [3.63, 3.8) is 0 Å². The summed E-state index contributed by atoms with van der Waals surface area (Å²) in [5.74, 6) is 3.23. The number of hydrogen-bond donors (Lipinski definition) is 0. The topological polar surface area (TPSA) is 0 Å². The lowest BCUT2D eigenvalue weighted by Crippen LogP contribution is -2.14. The van der Waals surface area contributed by atoms with Crippen molar-refractivity contribution >= 4 is 11.6 Å². The molecule has 0 saturated heterocycles. The van der Waals surface area contributed by atoms with Crippen LogP contribution >= 0.6 is 11.6 Å². The van der Waals surface area contributed by atoms with E-state index in [1.165, 1.54) is 12.8 Å². The van der Waals surface area contributed by atoms with Gasteiger partial charge in [-0.15, -0.1) is 0 Å². The molecule has 3 aliphatic carbocycles. The van der Waals surface area contributed by atoms with Gasteiger partial charge in [0, 0.05) is 11.0 Å². The molecule has 0 aromatic rings. The van der Waals surface area contributed by atoms with Crippen LogP contribution in [0.25, 0.3) is 0 Å². The quantitative estimate of drug-likeness (QED) is 0.486. The first-order chi connectivity index (χ1) is 5.36. The van der Waals surface area contributed by atoms with E-state index in [2.05, 4.69) is 18.2 Å². The molecule has 1 heteroatoms. The van der Waals surface area contributed by atoms with Crippen LogP contribution in [0.1, 0.15) is 12.8 Å². The average Bonchev–Trinajstić information content (AvgIpc) is 2.60. The highest BCUT2D eigenvalue weighted by Gasteiger charge is 2.47. The summed E-state index contributed by atoms with van der Waals surface area (Å²) in [6, 6.07) is 0. The molecule has 58 valence electrons. The molecule has 0 aromatic heterocycles. The van der Waals surface area contributed by atoms with E-state index >= 15 is 0 Å². The van der Waals surface area contributed by atoms with Gasteiger partial charge >= 0.3 is 0 Å². The first-order valence-corrected chi connectivity index (χ1v) is 4.78. The Kier molecular flexibility index (Phi) is 1.10. The van der Waals surface area contributed by atoms with Crippen LogP contribution in [-0.4, -0.2) is 0 Å². The molecule has 4 atom stereocenters. The van der Waals surface area contributed by atoms with Gasteiger partial charge in [-0.3, -0.25) is 0 Å². The minimum absolute atomic E-state index is 0.715. The summed E-state index contributed by atoms with van der Waals surface area (Å²) >= 11 is 6.13. The molecule has 11 heavy (non-hydrogen) atoms. The van der Waals surface area contributed by atoms with Crippen molar-refractivity contribution in [1.82, 2.24) is 0 Å². The first-order valence-electron chi connectivity index (χ1n) is 4.40. The highest BCUT2D eigenvalue weighted by Crippen LogP contribution is 2.56. The predicted octanol–water partition coefficient (Wildman–Crippen LogP) is 2.95. The highest BCUT2D eigenvalue weighted by molar-refractivity contribution is 6.30. The van der Waals surface area contributed by atoms with E-state index in [0.717, 1.165) is 22.8 Å². The summed E-state index contributed by atoms with van der Waals surface area (Å²) < 4.78 is 0. The molecule has 3 aliphatic rings. The van der Waals surface area contributed by atoms with E-state index in [9.17, 15) is 0 Å². The number of allylic oxidation sites excluding steroid dienone is 4. The Labute approximate surface area is 71.9 Å². The number of halogens is 1. The molecule has 0 spiro atoms. The van der Waals surface area contributed by atoms with Crippen LogP contribution in [0.3, 0.4) is 0 Å². The van der Waals surface area contributed by atoms with E-state index < -0.39 is 0 Å². The molecule has 1 fully saturated rings. The van der Waals surface area contributed by atoms with Gasteiger partial charge in [0.1, 0.15) is 0 Å². The van der Waals surface area contributed by atoms with Gasteiger partial charge in [-0.25, -0.2) is 0 Å². The van der Waals surface area contributed by atoms with Crippen LogP contribution in [-0.2, 0) is 0 Å². The number of hydrogen-bond acceptors (Lipinski definition) is 0. The molecule has 2 bridgehead atoms. The fourth-order valence-electron chi connectivity index (χ4n) is 3.04. The average molecular weight is 167 g/mol. The second-order valence-electron chi connectivity index (χ2n) is 3.96. The van der Waals surface area contributed by atoms with E-state index in [4.69, 9.17) is 11.6 Å². The second-order valence-corrected chi connectivity index (χ2v) is 4.40. The van der Waals surface area contributed by atoms with Crippen molar-refractivity contribution < 1.29 is 0 Å². The van der Waals surface area contributed by atoms with Crippen molar-refractivity contribution in [2.24, 2.45) is 23.7 Å². The molecule has 0 N–H and O–H groups in total. The minimum Gasteiger partial charge on any atom is -0.0892 e. The SMILES string of the molecule is ClC1=CCC2C3C=CC(C3)C12. The third-order valence-corrected chi connectivity index (χ3v) is 3.93. The summed E-state index contributed by atoms with van der Waals surface area (Å²) in [6.45, 7) is 0. The lowest BCUT2D eigenvalue weighted by molar-refractivity contribution is 0.394. The van der Waals surface area contributed by atoms with Crippen molar-refractivity contribution in [2.75, 3.05) is 0 Å². The lowest BCUT2D eigenvalue weighted by Gasteiger charge is -2.20. The third kappa shape index (κ3) is 0.666. The molecular weight excluding hydrogens is 156 g/mol. The summed E-state index contributed by atoms with van der Waals surface area (Å²) in [5, 5.41) is 1.15. The van der Waals surface area contributed by atoms with Crippen LogP contribution in [0.5, 0.6) is 0 Å². The minimum atomic E-state index is 0.715. The molecule has 4 unspecified atom stereocenters. The summed E-state index contributed by atoms with van der Waals surface area (Å²) in [5.41, 5.74) is 0. The first kappa shape index (κ1) is 6.30. The van der Waals surface area contributed by atoms with Crippen molar-refractivity contribution in [3.05, 3.63) is 23.3 Å². The van der Waals surface area contributed by atoms with Gasteiger partial charge in [0.05, 0.1) is 0 Å². The standard InChI is InChI=1S/C10H11Cl/c11-9-4-3-8-6-1-2-7(5-6)10(8)9/h1-2,4,6-8,10H,3,5H2. The maximum Gasteiger partial charge on any atom is 0.0181 e. The molecule has 0 aliphatic heterocycles. The Morgan fingerprint density at radius 3 is 2.91 bits per heavy atom. The van der Waals surface area contributed by atoms with Crippen LogP contribution in [0.2, 0.25) is 0 Å². The Morgan fingerprint density at radius 2 is 2.09 bits per heavy atom. The van der Waals surface area contributed by atoms with Crippen molar-refractivity contribution in [2.45, 2.75) is 12.8 Å². The predicted molar refractivity (Wildman–Crippen MR) is 46.3 cm³/mol. The molecule has 0 heterocycles. The van der Waals surface area contributed by atoms with Crippen LogP contribution in [0, 0.1) is 23.7 Å². The zero-order chi connectivity index (χ0) is 7.42. The Morgan fingerprint density at radius 1 is 1.27 bits per heavy atom. The molecule has 0 amide bonds. The molecule has 0 nitrogen and oxygen atoms in total. The highest BCUT2D eigenvalue weighted by atomic mass is 35.5. The van der Waals surface area contributed by atoms with Gasteiger partial charge in [-0.1, -0.05) is 29.8 Å². The van der Waals surface area contributed by atoms with Gasteiger partial charge in [-0.05, 0) is 30.6 Å². The van der Waals surface area contributed by atoms with Crippen LogP contribution in [0.4, 0.5) is 0 Å². The van der Waals surface area contributed by atoms with E-state index in [0.29, 0.717) is 5.92 Å². The van der Waals surface area contributed by atoms with E-state index in [-0.39, 0.29) is 0 Å². The fraction of sp³-hybridized carbons (Fsp3) is 0.600. The normalized spacial score (nSPS) is 51.5. The van der Waals surface area contributed by atoms with Gasteiger partial charge in [0.15, 0.2) is 0 Å². The smallest absolute Gasteiger partial charge is 0.0181 e. The second kappa shape index (κ2) is 1.92. The summed E-state index contributed by atoms with van der Waals surface area (Å²) in [7, 11) is 0. The Bertz CT molecular complexity index is 252. The molecule has 0 radical (unpaired) electrons. The van der Waals surface area contributed by atoms with Gasteiger partial charge in [-0.2, -0.15) is 0 Å². The van der Waals surface area contributed by atoms with Crippen LogP contribution < -0.4 is 0 Å². The van der Waals surface area contributed by atoms with Crippen molar-refractivity contribution in [1.29, 1.82) is 0 Å². The van der Waals surface area contributed by atoms with Gasteiger partial charge in [0.25, 0.3) is 0 Å². The summed E-state index contributed by atoms with van der Waals surface area (Å²) in [6.07, 6.45) is 9.60. The van der Waals surface area contributed by atoms with E-state index in [1.807, 2.05) is 0 Å². The Hall–Kier alpha value is -0.230. The number of fused-ring (bicyclic) bond motifs is 5. The third-order valence-electron chi connectivity index (χ3n) is 3.53. The molecule has 3 rings (SSSR count). The zero-order valence-corrected chi connectivity index (χ0v) is 7.09. The Balaban J connectivity index is 2.03. The largest absolute Gasteiger partial charge is 0.0892 e. The maximum atomic E-state index is 6.13. The lowest BCUT2D eigenvalue weighted by atomic mass is 9.86. The summed E-state index contributed by atoms with van der Waals surface area (Å²) in [4.78, 5) is 0. The molecule has 0 aromatic carbocycles. The number of rotatable bonds is 0. The molecular formula is C10H11Cl.